The van der Waals surface area contributed by atoms with E-state index in [0.717, 1.165) is 17.7 Å². The number of aryl methyl sites for hydroxylation is 1. The summed E-state index contributed by atoms with van der Waals surface area (Å²) in [7, 11) is 0. The van der Waals surface area contributed by atoms with Crippen LogP contribution in [0, 0.1) is 6.92 Å². The molecule has 0 aromatic heterocycles. The molecule has 1 unspecified atom stereocenters. The third-order valence-electron chi connectivity index (χ3n) is 4.14. The minimum atomic E-state index is -4.46. The summed E-state index contributed by atoms with van der Waals surface area (Å²) in [6.07, 6.45) is -4.66. The van der Waals surface area contributed by atoms with Crippen LogP contribution in [0.1, 0.15) is 16.7 Å². The number of benzene rings is 2. The number of hydrogen-bond donors (Lipinski definition) is 2. The lowest BCUT2D eigenvalue weighted by molar-refractivity contribution is -0.137. The van der Waals surface area contributed by atoms with Crippen molar-refractivity contribution in [2.45, 2.75) is 24.8 Å². The Kier molecular flexibility index (Phi) is 6.26. The van der Waals surface area contributed by atoms with Gasteiger partial charge < -0.3 is 10.6 Å². The molecule has 0 aliphatic carbocycles. The number of nitrogens with zero attached hydrogens (tertiary/aromatic N) is 1. The van der Waals surface area contributed by atoms with Gasteiger partial charge in [-0.15, -0.1) is 0 Å². The zero-order chi connectivity index (χ0) is 21.0. The Labute approximate surface area is 169 Å². The number of rotatable bonds is 5. The van der Waals surface area contributed by atoms with Crippen molar-refractivity contribution < 1.29 is 22.8 Å². The first-order valence-electron chi connectivity index (χ1n) is 8.76. The number of amidine groups is 1. The predicted octanol–water partition coefficient (Wildman–Crippen LogP) is 3.59. The number of carbonyl (C=O) groups excluding carboxylic acids is 2. The van der Waals surface area contributed by atoms with E-state index in [-0.39, 0.29) is 24.4 Å². The second kappa shape index (κ2) is 8.69. The molecule has 1 aliphatic heterocycles. The fraction of sp³-hybridized carbons (Fsp3) is 0.250. The molecule has 2 amide bonds. The largest absolute Gasteiger partial charge is 0.416 e. The van der Waals surface area contributed by atoms with Crippen molar-refractivity contribution in [2.75, 3.05) is 6.54 Å². The van der Waals surface area contributed by atoms with Crippen LogP contribution in [-0.2, 0) is 22.2 Å². The summed E-state index contributed by atoms with van der Waals surface area (Å²) in [4.78, 5) is 28.5. The molecule has 0 bridgehead atoms. The number of aliphatic imine (C=N–C) groups is 1. The molecule has 2 aromatic carbocycles. The van der Waals surface area contributed by atoms with E-state index in [2.05, 4.69) is 15.6 Å². The van der Waals surface area contributed by atoms with Crippen molar-refractivity contribution in [3.63, 3.8) is 0 Å². The van der Waals surface area contributed by atoms with Gasteiger partial charge in [0.15, 0.2) is 5.17 Å². The van der Waals surface area contributed by atoms with Crippen molar-refractivity contribution in [1.29, 1.82) is 0 Å². The van der Waals surface area contributed by atoms with Crippen LogP contribution in [0.25, 0.3) is 0 Å². The zero-order valence-corrected chi connectivity index (χ0v) is 16.2. The standard InChI is InChI=1S/C20H18F3N3O2S/c1-12-5-7-15(8-6-12)25-19-26-18(28)16(29-19)11-24-17(27)10-13-3-2-4-14(9-13)20(21,22)23/h2-9,16H,10-11H2,1H3,(H,24,27)(H,25,26,28). The van der Waals surface area contributed by atoms with Gasteiger partial charge in [0, 0.05) is 6.54 Å². The quantitative estimate of drug-likeness (QED) is 0.775. The first-order valence-corrected chi connectivity index (χ1v) is 9.64. The van der Waals surface area contributed by atoms with Crippen LogP contribution >= 0.6 is 11.8 Å². The highest BCUT2D eigenvalue weighted by Crippen LogP contribution is 2.29. The van der Waals surface area contributed by atoms with Gasteiger partial charge in [0.05, 0.1) is 17.7 Å². The summed E-state index contributed by atoms with van der Waals surface area (Å²) >= 11 is 1.20. The first-order chi connectivity index (χ1) is 13.7. The molecule has 1 heterocycles. The first kappa shape index (κ1) is 20.9. The zero-order valence-electron chi connectivity index (χ0n) is 15.4. The fourth-order valence-electron chi connectivity index (χ4n) is 2.64. The van der Waals surface area contributed by atoms with Gasteiger partial charge >= 0.3 is 6.18 Å². The highest BCUT2D eigenvalue weighted by atomic mass is 32.2. The van der Waals surface area contributed by atoms with Gasteiger partial charge in [-0.2, -0.15) is 13.2 Å². The monoisotopic (exact) mass is 421 g/mol. The molecule has 5 nitrogen and oxygen atoms in total. The van der Waals surface area contributed by atoms with Gasteiger partial charge in [-0.1, -0.05) is 47.7 Å². The molecule has 9 heteroatoms. The Hall–Kier alpha value is -2.81. The van der Waals surface area contributed by atoms with Crippen molar-refractivity contribution in [2.24, 2.45) is 4.99 Å². The van der Waals surface area contributed by atoms with Crippen LogP contribution in [-0.4, -0.2) is 28.8 Å². The van der Waals surface area contributed by atoms with Gasteiger partial charge in [-0.3, -0.25) is 9.59 Å². The summed E-state index contributed by atoms with van der Waals surface area (Å²) in [5.74, 6) is -0.734. The molecule has 1 aliphatic rings. The van der Waals surface area contributed by atoms with Crippen molar-refractivity contribution in [3.8, 4) is 0 Å². The summed E-state index contributed by atoms with van der Waals surface area (Å²) in [6.45, 7) is 2.02. The molecule has 0 radical (unpaired) electrons. The molecule has 29 heavy (non-hydrogen) atoms. The van der Waals surface area contributed by atoms with Gasteiger partial charge in [-0.05, 0) is 30.7 Å². The number of hydrogen-bond acceptors (Lipinski definition) is 4. The van der Waals surface area contributed by atoms with Crippen molar-refractivity contribution in [1.82, 2.24) is 10.6 Å². The molecular formula is C20H18F3N3O2S. The molecule has 1 fully saturated rings. The maximum atomic E-state index is 12.8. The number of amides is 2. The van der Waals surface area contributed by atoms with Gasteiger partial charge in [0.25, 0.3) is 0 Å². The highest BCUT2D eigenvalue weighted by Gasteiger charge is 2.31. The highest BCUT2D eigenvalue weighted by molar-refractivity contribution is 8.15. The SMILES string of the molecule is Cc1ccc(N=C2NC(=O)C(CNC(=O)Cc3cccc(C(F)(F)F)c3)S2)cc1. The van der Waals surface area contributed by atoms with E-state index in [1.807, 2.05) is 31.2 Å². The topological polar surface area (TPSA) is 70.6 Å². The van der Waals surface area contributed by atoms with E-state index in [4.69, 9.17) is 0 Å². The molecule has 0 spiro atoms. The van der Waals surface area contributed by atoms with Crippen LogP contribution in [0.15, 0.2) is 53.5 Å². The Morgan fingerprint density at radius 1 is 1.21 bits per heavy atom. The van der Waals surface area contributed by atoms with Crippen LogP contribution < -0.4 is 10.6 Å². The van der Waals surface area contributed by atoms with Crippen molar-refractivity contribution >= 4 is 34.4 Å². The number of carbonyl (C=O) groups is 2. The molecule has 0 saturated carbocycles. The Bertz CT molecular complexity index is 943. The number of nitrogens with one attached hydrogen (secondary N) is 2. The summed E-state index contributed by atoms with van der Waals surface area (Å²) in [5.41, 5.74) is 1.25. The maximum Gasteiger partial charge on any atom is 0.416 e. The van der Waals surface area contributed by atoms with Gasteiger partial charge in [-0.25, -0.2) is 4.99 Å². The second-order valence-corrected chi connectivity index (χ2v) is 7.72. The molecule has 2 aromatic rings. The maximum absolute atomic E-state index is 12.8. The van der Waals surface area contributed by atoms with Crippen LogP contribution in [0.2, 0.25) is 0 Å². The van der Waals surface area contributed by atoms with Gasteiger partial charge in [0.1, 0.15) is 5.25 Å². The van der Waals surface area contributed by atoms with Gasteiger partial charge in [0.2, 0.25) is 11.8 Å². The third-order valence-corrected chi connectivity index (χ3v) is 5.23. The average Bonchev–Trinajstić information content (AvgIpc) is 3.01. The minimum absolute atomic E-state index is 0.0568. The smallest absolute Gasteiger partial charge is 0.354 e. The predicted molar refractivity (Wildman–Crippen MR) is 106 cm³/mol. The lowest BCUT2D eigenvalue weighted by Gasteiger charge is -2.10. The molecule has 2 N–H and O–H groups in total. The lowest BCUT2D eigenvalue weighted by Crippen LogP contribution is -2.36. The van der Waals surface area contributed by atoms with E-state index in [1.165, 1.54) is 23.9 Å². The second-order valence-electron chi connectivity index (χ2n) is 6.53. The normalized spacial score (nSPS) is 18.0. The lowest BCUT2D eigenvalue weighted by atomic mass is 10.1. The van der Waals surface area contributed by atoms with Crippen molar-refractivity contribution in [3.05, 3.63) is 65.2 Å². The molecule has 1 saturated heterocycles. The van der Waals surface area contributed by atoms with E-state index in [9.17, 15) is 22.8 Å². The number of alkyl halides is 3. The van der Waals surface area contributed by atoms with E-state index < -0.39 is 22.9 Å². The van der Waals surface area contributed by atoms with E-state index in [0.29, 0.717) is 10.9 Å². The van der Waals surface area contributed by atoms with Crippen LogP contribution in [0.5, 0.6) is 0 Å². The van der Waals surface area contributed by atoms with E-state index >= 15 is 0 Å². The minimum Gasteiger partial charge on any atom is -0.354 e. The third kappa shape index (κ3) is 5.83. The number of thioether (sulfide) groups is 1. The van der Waals surface area contributed by atoms with Crippen LogP contribution in [0.4, 0.5) is 18.9 Å². The fourth-order valence-corrected chi connectivity index (χ4v) is 3.56. The summed E-state index contributed by atoms with van der Waals surface area (Å²) in [5, 5.41) is 5.15. The van der Waals surface area contributed by atoms with Crippen LogP contribution in [0.3, 0.4) is 0 Å². The summed E-state index contributed by atoms with van der Waals surface area (Å²) < 4.78 is 38.3. The Balaban J connectivity index is 1.54. The molecular weight excluding hydrogens is 403 g/mol. The Morgan fingerprint density at radius 3 is 2.62 bits per heavy atom. The number of halogens is 3. The Morgan fingerprint density at radius 2 is 1.93 bits per heavy atom. The molecule has 1 atom stereocenters. The average molecular weight is 421 g/mol. The van der Waals surface area contributed by atoms with E-state index in [1.54, 1.807) is 0 Å². The molecule has 3 rings (SSSR count). The summed E-state index contributed by atoms with van der Waals surface area (Å²) in [6, 6.07) is 12.1. The molecule has 152 valence electrons.